The summed E-state index contributed by atoms with van der Waals surface area (Å²) in [5.74, 6) is 0.233. The number of epoxide rings is 1. The number of hydrogen-bond donors (Lipinski definition) is 6. The first-order valence-electron chi connectivity index (χ1n) is 52.4. The Kier molecular flexibility index (Phi) is 43.8. The summed E-state index contributed by atoms with van der Waals surface area (Å²) in [5.41, 5.74) is 5.05. The quantitative estimate of drug-likeness (QED) is 0.00892. The number of anilines is 3. The van der Waals surface area contributed by atoms with Crippen LogP contribution < -0.4 is 41.0 Å². The lowest BCUT2D eigenvalue weighted by atomic mass is 9.68. The maximum atomic E-state index is 15.7. The highest BCUT2D eigenvalue weighted by atomic mass is 35.5. The highest BCUT2D eigenvalue weighted by Crippen LogP contribution is 2.59. The number of carbonyl (C=O) groups excluding carboxylic acids is 9. The van der Waals surface area contributed by atoms with Gasteiger partial charge in [0.15, 0.2) is 0 Å². The highest BCUT2D eigenvalue weighted by molar-refractivity contribution is 8.76. The number of unbranched alkanes of at least 4 members (excludes halogenated alkanes) is 5. The van der Waals surface area contributed by atoms with E-state index in [0.29, 0.717) is 155 Å². The molecular formula is C114H146Cl2N14O18S2. The van der Waals surface area contributed by atoms with Crippen LogP contribution >= 0.6 is 44.8 Å². The fourth-order valence-electron chi connectivity index (χ4n) is 20.0. The van der Waals surface area contributed by atoms with Crippen LogP contribution in [0, 0.1) is 5.92 Å². The Balaban J connectivity index is 0.564. The van der Waals surface area contributed by atoms with Gasteiger partial charge in [-0.2, -0.15) is 0 Å². The predicted octanol–water partition coefficient (Wildman–Crippen LogP) is 17.8. The number of pyridine rings is 4. The molecule has 3 aliphatic heterocycles. The van der Waals surface area contributed by atoms with Gasteiger partial charge in [-0.3, -0.25) is 53.3 Å². The number of fused-ring (bicyclic) bond motifs is 4. The number of alkyl carbamates (subject to hydrolysis) is 1. The summed E-state index contributed by atoms with van der Waals surface area (Å²) >= 11 is 13.4. The molecule has 8 aromatic rings. The van der Waals surface area contributed by atoms with Gasteiger partial charge in [0.2, 0.25) is 35.4 Å². The Morgan fingerprint density at radius 1 is 0.653 bits per heavy atom. The number of aliphatic hydroxyl groups excluding tert-OH is 1. The van der Waals surface area contributed by atoms with Gasteiger partial charge in [0.05, 0.1) is 86.5 Å². The smallest absolute Gasteiger partial charge is 0.408 e. The van der Waals surface area contributed by atoms with Crippen molar-refractivity contribution in [2.45, 2.75) is 268 Å². The zero-order valence-corrected chi connectivity index (χ0v) is 91.1. The molecule has 5 aliphatic rings. The number of halogens is 2. The van der Waals surface area contributed by atoms with Gasteiger partial charge in [-0.1, -0.05) is 183 Å². The van der Waals surface area contributed by atoms with Gasteiger partial charge in [-0.15, -0.1) is 0 Å². The van der Waals surface area contributed by atoms with Crippen molar-refractivity contribution >= 4 is 116 Å². The van der Waals surface area contributed by atoms with Gasteiger partial charge in [0.1, 0.15) is 69.3 Å². The molecule has 2 aliphatic carbocycles. The van der Waals surface area contributed by atoms with E-state index >= 15 is 4.79 Å². The lowest BCUT2D eigenvalue weighted by Gasteiger charge is -2.40. The monoisotopic (exact) mass is 2130 g/mol. The highest BCUT2D eigenvalue weighted by Gasteiger charge is 2.80. The molecule has 150 heavy (non-hydrogen) atoms. The summed E-state index contributed by atoms with van der Waals surface area (Å²) in [6.45, 7) is 16.7. The van der Waals surface area contributed by atoms with Gasteiger partial charge in [-0.25, -0.2) is 19.6 Å². The molecule has 0 radical (unpaired) electrons. The SMILES string of the molecule is CCCCCC(=O)Nc1cccc(CN(Cc2cc(CN(Cc3ccccn3)Cc3cccc(NC(=O)CCCCC)n3)cc(OCCCCN(Cc3ccc(C(=O)NCCOCCOCCNC(=O)CCSSCCC(=O)N(C)[C@H](C)C(=O)O[C@H]4CC(=O)N(C)c5cc(cc(OC)c5Cl)C/C(C)=C/C=C\[C@@]5(OC)[C@H](O)[C@@]56C[C@@H](OC(=O)N6)[C@H](C)C5O[C@@]54C)cc3)C(=O)C3(c4ccc(Cl)cc4)CCCCC3)c2)Cc2ccccn2)n1. The minimum atomic E-state index is -1.28. The van der Waals surface area contributed by atoms with Crippen molar-refractivity contribution in [3.05, 3.63) is 254 Å². The molecule has 36 heteroatoms. The number of nitrogens with zero attached hydrogens (tertiary/aromatic N) is 9. The van der Waals surface area contributed by atoms with Crippen LogP contribution in [0.25, 0.3) is 0 Å². The molecule has 1 spiro atoms. The predicted molar refractivity (Wildman–Crippen MR) is 582 cm³/mol. The third-order valence-corrected chi connectivity index (χ3v) is 31.6. The fourth-order valence-corrected chi connectivity index (χ4v) is 22.4. The number of aromatic nitrogens is 4. The first-order valence-corrected chi connectivity index (χ1v) is 55.6. The number of hydrogen-bond acceptors (Lipinski definition) is 26. The van der Waals surface area contributed by atoms with E-state index in [0.717, 1.165) is 114 Å². The summed E-state index contributed by atoms with van der Waals surface area (Å²) < 4.78 is 48.6. The fraction of sp³-hybridized carbons (Fsp3) is 0.500. The van der Waals surface area contributed by atoms with Crippen LogP contribution in [-0.4, -0.2) is 238 Å². The van der Waals surface area contributed by atoms with Crippen LogP contribution in [0.5, 0.6) is 11.5 Å². The average Bonchev–Trinajstić information content (AvgIpc) is 1.50. The Morgan fingerprint density at radius 3 is 1.85 bits per heavy atom. The molecule has 4 bridgehead atoms. The molecule has 4 aromatic carbocycles. The van der Waals surface area contributed by atoms with Crippen LogP contribution in [0.4, 0.5) is 22.1 Å². The van der Waals surface area contributed by atoms with Crippen molar-refractivity contribution < 1.29 is 86.2 Å². The third kappa shape index (κ3) is 32.4. The lowest BCUT2D eigenvalue weighted by molar-refractivity contribution is -0.162. The zero-order chi connectivity index (χ0) is 107. The van der Waals surface area contributed by atoms with Crippen molar-refractivity contribution in [3.8, 4) is 11.5 Å². The van der Waals surface area contributed by atoms with Crippen LogP contribution in [0.1, 0.15) is 224 Å². The number of aliphatic hydroxyl groups is 1. The van der Waals surface area contributed by atoms with Gasteiger partial charge in [-0.05, 0) is 197 Å². The van der Waals surface area contributed by atoms with E-state index in [9.17, 15) is 43.5 Å². The van der Waals surface area contributed by atoms with Crippen molar-refractivity contribution in [1.29, 1.82) is 0 Å². The first kappa shape index (κ1) is 116. The van der Waals surface area contributed by atoms with Crippen LogP contribution in [0.15, 0.2) is 188 Å². The summed E-state index contributed by atoms with van der Waals surface area (Å²) in [6, 6.07) is 47.2. The van der Waals surface area contributed by atoms with Crippen molar-refractivity contribution in [3.63, 3.8) is 0 Å². The maximum Gasteiger partial charge on any atom is 0.408 e. The number of likely N-dealkylation sites (N-methyl/N-ethyl adjacent to an activating group) is 1. The Morgan fingerprint density at radius 2 is 1.25 bits per heavy atom. The van der Waals surface area contributed by atoms with E-state index in [4.69, 9.17) is 81.0 Å². The zero-order valence-electron chi connectivity index (χ0n) is 87.9. The summed E-state index contributed by atoms with van der Waals surface area (Å²) in [6.07, 6.45) is 16.8. The topological polar surface area (TPSA) is 379 Å². The van der Waals surface area contributed by atoms with Gasteiger partial charge >= 0.3 is 12.1 Å². The van der Waals surface area contributed by atoms with Crippen LogP contribution in [0.3, 0.4) is 0 Å². The van der Waals surface area contributed by atoms with E-state index in [2.05, 4.69) is 68.4 Å². The minimum absolute atomic E-state index is 0.0509. The third-order valence-electron chi connectivity index (χ3n) is 28.5. The Hall–Kier alpha value is -11.4. The maximum absolute atomic E-state index is 15.7. The molecule has 32 nitrogen and oxygen atoms in total. The molecule has 2 saturated carbocycles. The number of methoxy groups -OCH3 is 2. The largest absolute Gasteiger partial charge is 0.495 e. The summed E-state index contributed by atoms with van der Waals surface area (Å²) in [7, 11) is 8.89. The normalized spacial score (nSPS) is 20.5. The number of esters is 1. The van der Waals surface area contributed by atoms with E-state index < -0.39 is 76.5 Å². The molecule has 2 saturated heterocycles. The van der Waals surface area contributed by atoms with Crippen molar-refractivity contribution in [2.24, 2.45) is 5.92 Å². The second kappa shape index (κ2) is 56.8. The molecule has 7 heterocycles. The van der Waals surface area contributed by atoms with Gasteiger partial charge in [0, 0.05) is 159 Å². The molecule has 4 aromatic heterocycles. The van der Waals surface area contributed by atoms with E-state index in [1.165, 1.54) is 52.7 Å². The van der Waals surface area contributed by atoms with E-state index in [1.54, 1.807) is 69.7 Å². The number of amides is 8. The van der Waals surface area contributed by atoms with Crippen LogP contribution in [0.2, 0.25) is 10.0 Å². The Bertz CT molecular complexity index is 5770. The average molecular weight is 2140 g/mol. The molecule has 13 rings (SSSR count). The number of carbonyl (C=O) groups is 9. The number of ether oxygens (including phenoxy) is 8. The Labute approximate surface area is 899 Å². The number of nitrogens with one attached hydrogen (secondary N) is 5. The molecule has 9 atom stereocenters. The standard InChI is InChI=1S/C114H146Cl2N14O18S2/c1-11-13-16-36-100(132)123-97-34-26-32-90(121-97)76-128(74-88-30-18-22-51-117-88)71-83-64-84(72-129(75-89-31-19-23-52-118-89)77-91-33-27-35-98(122-91)124-101(133)37-17-14-12-2)66-92(65-83)145-56-25-24-55-130(109(139)112(48-20-15-21-49-112)86-42-44-87(115)45-43-86)73-81-38-40-85(41-39-81)106(136)120-54-58-144-60-59-143-57-53-119-99(131)46-61-149-150-62-47-102(134)126(7)80(5)107(137)147-96-69-103(135)127(8)93-67-82(68-94(141-9)104(93)116)63-78(3)29-28-50-114(142-10)108(138)113(114)70-95(146-110(140)125-113)79(4)105-111(96,6)148-105/h18-19,22-23,26-35,38-45,50-52,64-68,79-80,95-96,105,108,138H,11-17,20-21,24-25,36-37,46-49,53-63,69-77H2,1-10H3,(H,119,131)(H,120,136)(H,125,140)(H,121,123,132)(H,122,124,133)/b50-28-,78-29+/t79-,80+,95+,96-,105?,108+,111+,113-,114+/m0/s1. The first-order chi connectivity index (χ1) is 72.4. The van der Waals surface area contributed by atoms with Crippen LogP contribution in [-0.2, 0) is 120 Å². The minimum Gasteiger partial charge on any atom is -0.495 e. The summed E-state index contributed by atoms with van der Waals surface area (Å²) in [4.78, 5) is 153. The van der Waals surface area contributed by atoms with Crippen molar-refractivity contribution in [2.75, 3.05) is 108 Å². The number of allylic oxidation sites excluding steroid dienone is 3. The van der Waals surface area contributed by atoms with Gasteiger partial charge in [0.25, 0.3) is 5.91 Å². The molecule has 8 amide bonds. The number of benzene rings is 4. The van der Waals surface area contributed by atoms with Gasteiger partial charge < -0.3 is 84.3 Å². The number of rotatable bonds is 54. The van der Waals surface area contributed by atoms with E-state index in [1.807, 2.05) is 134 Å². The molecule has 806 valence electrons. The van der Waals surface area contributed by atoms with E-state index in [-0.39, 0.29) is 106 Å². The molecule has 6 N–H and O–H groups in total. The second-order valence-corrected chi connectivity index (χ2v) is 43.2. The molecular weight excluding hydrogens is 1990 g/mol. The lowest BCUT2D eigenvalue weighted by Crippen LogP contribution is -2.55. The van der Waals surface area contributed by atoms with Crippen molar-refractivity contribution in [1.82, 2.24) is 55.5 Å². The second-order valence-electron chi connectivity index (χ2n) is 39.7. The molecule has 4 fully saturated rings. The molecule has 1 unspecified atom stereocenters. The summed E-state index contributed by atoms with van der Waals surface area (Å²) in [5, 5.41) is 27.1.